The van der Waals surface area contributed by atoms with Gasteiger partial charge in [0, 0.05) is 24.7 Å². The summed E-state index contributed by atoms with van der Waals surface area (Å²) < 4.78 is 39.1. The van der Waals surface area contributed by atoms with Crippen LogP contribution < -0.4 is 5.32 Å². The van der Waals surface area contributed by atoms with Gasteiger partial charge in [-0.1, -0.05) is 29.8 Å². The molecule has 0 aliphatic carbocycles. The zero-order valence-corrected chi connectivity index (χ0v) is 14.1. The van der Waals surface area contributed by atoms with E-state index in [9.17, 15) is 22.8 Å². The van der Waals surface area contributed by atoms with Crippen LogP contribution in [0.4, 0.5) is 13.2 Å². The summed E-state index contributed by atoms with van der Waals surface area (Å²) in [5.74, 6) is -5.54. The van der Waals surface area contributed by atoms with Crippen LogP contribution in [-0.4, -0.2) is 47.2 Å². The Kier molecular flexibility index (Phi) is 5.95. The lowest BCUT2D eigenvalue weighted by Crippen LogP contribution is -2.44. The van der Waals surface area contributed by atoms with E-state index in [1.807, 2.05) is 0 Å². The van der Waals surface area contributed by atoms with Crippen LogP contribution in [0, 0.1) is 11.8 Å². The molecule has 0 saturated carbocycles. The molecular weight excluding hydrogens is 361 g/mol. The Morgan fingerprint density at radius 2 is 2.00 bits per heavy atom. The van der Waals surface area contributed by atoms with Gasteiger partial charge in [-0.3, -0.25) is 14.5 Å². The minimum Gasteiger partial charge on any atom is -0.481 e. The number of carbonyl (C=O) groups is 2. The Bertz CT molecular complexity index is 654. The first-order chi connectivity index (χ1) is 11.6. The van der Waals surface area contributed by atoms with Crippen LogP contribution in [0.1, 0.15) is 12.5 Å². The zero-order valence-electron chi connectivity index (χ0n) is 13.4. The summed E-state index contributed by atoms with van der Waals surface area (Å²) >= 11 is 5.99. The molecule has 0 radical (unpaired) electrons. The number of aliphatic carboxylic acids is 1. The second kappa shape index (κ2) is 7.61. The molecule has 3 atom stereocenters. The number of benzene rings is 1. The molecule has 1 aromatic rings. The van der Waals surface area contributed by atoms with Gasteiger partial charge in [0.1, 0.15) is 0 Å². The van der Waals surface area contributed by atoms with Crippen molar-refractivity contribution in [2.24, 2.45) is 11.8 Å². The van der Waals surface area contributed by atoms with E-state index in [0.29, 0.717) is 10.6 Å². The second-order valence-corrected chi connectivity index (χ2v) is 6.44. The number of hydrogen-bond donors (Lipinski definition) is 2. The van der Waals surface area contributed by atoms with Gasteiger partial charge in [0.05, 0.1) is 17.9 Å². The number of carboxylic acid groups (broad SMARTS) is 1. The summed E-state index contributed by atoms with van der Waals surface area (Å²) in [5.41, 5.74) is 0.683. The maximum Gasteiger partial charge on any atom is 0.393 e. The molecule has 2 N–H and O–H groups in total. The highest BCUT2D eigenvalue weighted by atomic mass is 35.5. The lowest BCUT2D eigenvalue weighted by atomic mass is 9.96. The average Bonchev–Trinajstić information content (AvgIpc) is 2.99. The van der Waals surface area contributed by atoms with Gasteiger partial charge in [-0.2, -0.15) is 13.2 Å². The first-order valence-corrected chi connectivity index (χ1v) is 8.03. The fourth-order valence-electron chi connectivity index (χ4n) is 2.87. The average molecular weight is 379 g/mol. The third-order valence-corrected chi connectivity index (χ3v) is 4.79. The van der Waals surface area contributed by atoms with Crippen LogP contribution in [0.15, 0.2) is 24.3 Å². The van der Waals surface area contributed by atoms with Crippen molar-refractivity contribution in [3.8, 4) is 0 Å². The smallest absolute Gasteiger partial charge is 0.393 e. The van der Waals surface area contributed by atoms with Gasteiger partial charge in [-0.15, -0.1) is 0 Å². The molecule has 0 spiro atoms. The monoisotopic (exact) mass is 378 g/mol. The molecular formula is C16H18ClF3N2O3. The Morgan fingerprint density at radius 1 is 1.36 bits per heavy atom. The summed E-state index contributed by atoms with van der Waals surface area (Å²) in [4.78, 5) is 24.6. The van der Waals surface area contributed by atoms with Gasteiger partial charge >= 0.3 is 12.1 Å². The third kappa shape index (κ3) is 4.64. The van der Waals surface area contributed by atoms with Crippen LogP contribution in [0.25, 0.3) is 0 Å². The van der Waals surface area contributed by atoms with E-state index in [-0.39, 0.29) is 13.1 Å². The second-order valence-electron chi connectivity index (χ2n) is 6.03. The van der Waals surface area contributed by atoms with Crippen molar-refractivity contribution >= 4 is 23.5 Å². The third-order valence-electron chi connectivity index (χ3n) is 4.42. The highest BCUT2D eigenvalue weighted by molar-refractivity contribution is 6.31. The SMILES string of the molecule is CC(C(=O)NCc1ccccc1Cl)N1C[C@@H](C(F)(F)F)[C@H](C(=O)O)C1. The summed E-state index contributed by atoms with van der Waals surface area (Å²) in [5, 5.41) is 12.1. The standard InChI is InChI=1S/C16H18ClF3N2O3/c1-9(14(23)21-6-10-4-2-3-5-13(10)17)22-7-11(15(24)25)12(8-22)16(18,19)20/h2-5,9,11-12H,6-8H2,1H3,(H,21,23)(H,24,25)/t9?,11-,12-/m1/s1. The molecule has 5 nitrogen and oxygen atoms in total. The molecule has 2 rings (SSSR count). The summed E-state index contributed by atoms with van der Waals surface area (Å²) in [7, 11) is 0. The van der Waals surface area contributed by atoms with Crippen LogP contribution >= 0.6 is 11.6 Å². The number of nitrogens with zero attached hydrogens (tertiary/aromatic N) is 1. The van der Waals surface area contributed by atoms with Gasteiger partial charge in [0.25, 0.3) is 0 Å². The zero-order chi connectivity index (χ0) is 18.8. The molecule has 1 saturated heterocycles. The number of alkyl halides is 3. The normalized spacial score (nSPS) is 22.6. The molecule has 1 aliphatic rings. The largest absolute Gasteiger partial charge is 0.481 e. The number of amides is 1. The number of likely N-dealkylation sites (tertiary alicyclic amines) is 1. The molecule has 0 aromatic heterocycles. The lowest BCUT2D eigenvalue weighted by Gasteiger charge is -2.24. The van der Waals surface area contributed by atoms with E-state index in [0.717, 1.165) is 0 Å². The molecule has 1 aliphatic heterocycles. The molecule has 1 unspecified atom stereocenters. The van der Waals surface area contributed by atoms with E-state index >= 15 is 0 Å². The van der Waals surface area contributed by atoms with Crippen LogP contribution in [0.2, 0.25) is 5.02 Å². The van der Waals surface area contributed by atoms with Gasteiger partial charge in [-0.05, 0) is 18.6 Å². The van der Waals surface area contributed by atoms with Gasteiger partial charge in [0.2, 0.25) is 5.91 Å². The molecule has 1 fully saturated rings. The predicted molar refractivity (Wildman–Crippen MR) is 85.0 cm³/mol. The van der Waals surface area contributed by atoms with Crippen molar-refractivity contribution in [3.63, 3.8) is 0 Å². The van der Waals surface area contributed by atoms with E-state index in [2.05, 4.69) is 5.32 Å². The minimum absolute atomic E-state index is 0.141. The number of rotatable bonds is 5. The summed E-state index contributed by atoms with van der Waals surface area (Å²) in [6.07, 6.45) is -4.62. The molecule has 25 heavy (non-hydrogen) atoms. The molecule has 1 heterocycles. The van der Waals surface area contributed by atoms with E-state index < -0.39 is 42.5 Å². The highest BCUT2D eigenvalue weighted by Crippen LogP contribution is 2.38. The highest BCUT2D eigenvalue weighted by Gasteiger charge is 2.53. The Balaban J connectivity index is 2.00. The van der Waals surface area contributed by atoms with Crippen molar-refractivity contribution in [2.75, 3.05) is 13.1 Å². The first kappa shape index (κ1) is 19.5. The quantitative estimate of drug-likeness (QED) is 0.826. The number of carboxylic acids is 1. The van der Waals surface area contributed by atoms with Gasteiger partial charge < -0.3 is 10.4 Å². The topological polar surface area (TPSA) is 69.6 Å². The molecule has 138 valence electrons. The van der Waals surface area contributed by atoms with Crippen molar-refractivity contribution < 1.29 is 27.9 Å². The molecule has 1 aromatic carbocycles. The van der Waals surface area contributed by atoms with Gasteiger partial charge in [-0.25, -0.2) is 0 Å². The van der Waals surface area contributed by atoms with E-state index in [1.165, 1.54) is 11.8 Å². The molecule has 9 heteroatoms. The lowest BCUT2D eigenvalue weighted by molar-refractivity contribution is -0.188. The number of nitrogens with one attached hydrogen (secondary N) is 1. The maximum absolute atomic E-state index is 13.0. The first-order valence-electron chi connectivity index (χ1n) is 7.66. The van der Waals surface area contributed by atoms with Crippen molar-refractivity contribution in [3.05, 3.63) is 34.9 Å². The van der Waals surface area contributed by atoms with E-state index in [4.69, 9.17) is 16.7 Å². The van der Waals surface area contributed by atoms with Gasteiger partial charge in [0.15, 0.2) is 0 Å². The van der Waals surface area contributed by atoms with Crippen LogP contribution in [0.5, 0.6) is 0 Å². The number of halogens is 4. The Labute approximate surface area is 147 Å². The Hall–Kier alpha value is -1.80. The van der Waals surface area contributed by atoms with Crippen molar-refractivity contribution in [1.29, 1.82) is 0 Å². The van der Waals surface area contributed by atoms with Crippen LogP contribution in [-0.2, 0) is 16.1 Å². The van der Waals surface area contributed by atoms with E-state index in [1.54, 1.807) is 24.3 Å². The fourth-order valence-corrected chi connectivity index (χ4v) is 3.07. The number of carbonyl (C=O) groups excluding carboxylic acids is 1. The minimum atomic E-state index is -4.62. The summed E-state index contributed by atoms with van der Waals surface area (Å²) in [6.45, 7) is 0.767. The molecule has 0 bridgehead atoms. The fraction of sp³-hybridized carbons (Fsp3) is 0.500. The van der Waals surface area contributed by atoms with Crippen molar-refractivity contribution in [2.45, 2.75) is 25.7 Å². The number of hydrogen-bond acceptors (Lipinski definition) is 3. The summed E-state index contributed by atoms with van der Waals surface area (Å²) in [6, 6.07) is 6.00. The maximum atomic E-state index is 13.0. The van der Waals surface area contributed by atoms with Crippen molar-refractivity contribution in [1.82, 2.24) is 10.2 Å². The predicted octanol–water partition coefficient (Wildman–Crippen LogP) is 2.54. The van der Waals surface area contributed by atoms with Crippen LogP contribution in [0.3, 0.4) is 0 Å². The molecule has 1 amide bonds. The Morgan fingerprint density at radius 3 is 2.52 bits per heavy atom.